The number of benzene rings is 1. The lowest BCUT2D eigenvalue weighted by molar-refractivity contribution is -0.121. The third kappa shape index (κ3) is 4.32. The van der Waals surface area contributed by atoms with E-state index < -0.39 is 0 Å². The van der Waals surface area contributed by atoms with Gasteiger partial charge < -0.3 is 9.73 Å². The Balaban J connectivity index is 1.50. The minimum atomic E-state index is 0.0557. The maximum atomic E-state index is 12.0. The maximum Gasteiger partial charge on any atom is 0.220 e. The van der Waals surface area contributed by atoms with E-state index in [1.165, 1.54) is 5.56 Å². The second kappa shape index (κ2) is 8.11. The molecule has 3 aromatic rings. The summed E-state index contributed by atoms with van der Waals surface area (Å²) >= 11 is 0. The normalized spacial score (nSPS) is 10.5. The van der Waals surface area contributed by atoms with E-state index in [1.54, 1.807) is 12.5 Å². The Labute approximate surface area is 141 Å². The van der Waals surface area contributed by atoms with E-state index in [1.807, 2.05) is 42.5 Å². The predicted molar refractivity (Wildman–Crippen MR) is 93.2 cm³/mol. The number of carbonyl (C=O) groups excluding carboxylic acids is 1. The fourth-order valence-electron chi connectivity index (χ4n) is 2.60. The molecular weight excluding hydrogens is 300 g/mol. The first-order chi connectivity index (χ1) is 11.8. The second-order valence-electron chi connectivity index (χ2n) is 5.60. The van der Waals surface area contributed by atoms with Gasteiger partial charge in [0, 0.05) is 24.7 Å². The first kappa shape index (κ1) is 16.0. The highest BCUT2D eigenvalue weighted by atomic mass is 16.3. The van der Waals surface area contributed by atoms with Crippen molar-refractivity contribution >= 4 is 5.91 Å². The Hall–Kier alpha value is -2.88. The van der Waals surface area contributed by atoms with Crippen molar-refractivity contribution in [2.75, 3.05) is 0 Å². The number of nitrogens with zero attached hydrogens (tertiary/aromatic N) is 1. The van der Waals surface area contributed by atoms with Crippen LogP contribution in [0.15, 0.2) is 71.5 Å². The summed E-state index contributed by atoms with van der Waals surface area (Å²) in [5.41, 5.74) is 2.98. The van der Waals surface area contributed by atoms with E-state index in [4.69, 9.17) is 4.42 Å². The maximum absolute atomic E-state index is 12.0. The summed E-state index contributed by atoms with van der Waals surface area (Å²) in [6.07, 6.45) is 5.62. The summed E-state index contributed by atoms with van der Waals surface area (Å²) in [6.45, 7) is 0.452. The number of aromatic nitrogens is 1. The van der Waals surface area contributed by atoms with Crippen LogP contribution in [0.2, 0.25) is 0 Å². The molecule has 0 radical (unpaired) electrons. The SMILES string of the molecule is O=C(CCCc1ccccc1)NCc1cccnc1-c1ccco1. The van der Waals surface area contributed by atoms with Crippen LogP contribution in [-0.4, -0.2) is 10.9 Å². The van der Waals surface area contributed by atoms with Crippen molar-refractivity contribution in [3.8, 4) is 11.5 Å². The second-order valence-corrected chi connectivity index (χ2v) is 5.60. The van der Waals surface area contributed by atoms with Crippen molar-refractivity contribution in [2.24, 2.45) is 0 Å². The van der Waals surface area contributed by atoms with Gasteiger partial charge in [0.25, 0.3) is 0 Å². The summed E-state index contributed by atoms with van der Waals surface area (Å²) in [4.78, 5) is 16.4. The van der Waals surface area contributed by atoms with E-state index in [0.717, 1.165) is 24.1 Å². The molecule has 0 fully saturated rings. The van der Waals surface area contributed by atoms with Gasteiger partial charge in [-0.25, -0.2) is 0 Å². The van der Waals surface area contributed by atoms with Crippen molar-refractivity contribution in [1.82, 2.24) is 10.3 Å². The van der Waals surface area contributed by atoms with Gasteiger partial charge in [-0.2, -0.15) is 0 Å². The van der Waals surface area contributed by atoms with Gasteiger partial charge in [0.15, 0.2) is 5.76 Å². The third-order valence-corrected chi connectivity index (χ3v) is 3.83. The molecule has 2 aromatic heterocycles. The van der Waals surface area contributed by atoms with Gasteiger partial charge in [-0.1, -0.05) is 36.4 Å². The van der Waals surface area contributed by atoms with Crippen LogP contribution >= 0.6 is 0 Å². The van der Waals surface area contributed by atoms with Gasteiger partial charge in [-0.3, -0.25) is 9.78 Å². The molecule has 0 atom stereocenters. The Bertz CT molecular complexity index is 767. The number of carbonyl (C=O) groups is 1. The van der Waals surface area contributed by atoms with Gasteiger partial charge >= 0.3 is 0 Å². The van der Waals surface area contributed by atoms with Crippen LogP contribution in [0.3, 0.4) is 0 Å². The van der Waals surface area contributed by atoms with E-state index in [9.17, 15) is 4.79 Å². The van der Waals surface area contributed by atoms with E-state index in [0.29, 0.717) is 18.7 Å². The Morgan fingerprint density at radius 1 is 1.04 bits per heavy atom. The highest BCUT2D eigenvalue weighted by Crippen LogP contribution is 2.21. The summed E-state index contributed by atoms with van der Waals surface area (Å²) in [7, 11) is 0. The topological polar surface area (TPSA) is 55.1 Å². The number of rotatable bonds is 7. The smallest absolute Gasteiger partial charge is 0.220 e. The molecule has 0 saturated carbocycles. The van der Waals surface area contributed by atoms with Crippen LogP contribution in [0, 0.1) is 0 Å². The van der Waals surface area contributed by atoms with Gasteiger partial charge in [0.1, 0.15) is 5.69 Å². The third-order valence-electron chi connectivity index (χ3n) is 3.83. The molecule has 1 aromatic carbocycles. The number of pyridine rings is 1. The summed E-state index contributed by atoms with van der Waals surface area (Å²) in [5.74, 6) is 0.768. The van der Waals surface area contributed by atoms with E-state index in [2.05, 4.69) is 22.4 Å². The minimum Gasteiger partial charge on any atom is -0.463 e. The zero-order chi connectivity index (χ0) is 16.6. The van der Waals surface area contributed by atoms with Crippen LogP contribution in [0.4, 0.5) is 0 Å². The molecule has 24 heavy (non-hydrogen) atoms. The summed E-state index contributed by atoms with van der Waals surface area (Å²) in [5, 5.41) is 2.97. The zero-order valence-electron chi connectivity index (χ0n) is 13.4. The van der Waals surface area contributed by atoms with Crippen molar-refractivity contribution in [3.63, 3.8) is 0 Å². The van der Waals surface area contributed by atoms with Crippen LogP contribution in [0.25, 0.3) is 11.5 Å². The van der Waals surface area contributed by atoms with Gasteiger partial charge in [0.2, 0.25) is 5.91 Å². The predicted octanol–water partition coefficient (Wildman–Crippen LogP) is 3.98. The Morgan fingerprint density at radius 3 is 2.71 bits per heavy atom. The monoisotopic (exact) mass is 320 g/mol. The first-order valence-electron chi connectivity index (χ1n) is 8.11. The molecule has 122 valence electrons. The van der Waals surface area contributed by atoms with Crippen molar-refractivity contribution in [2.45, 2.75) is 25.8 Å². The number of nitrogens with one attached hydrogen (secondary N) is 1. The number of furan rings is 1. The van der Waals surface area contributed by atoms with Crippen molar-refractivity contribution < 1.29 is 9.21 Å². The van der Waals surface area contributed by atoms with Crippen LogP contribution < -0.4 is 5.32 Å². The minimum absolute atomic E-state index is 0.0557. The molecule has 4 heteroatoms. The first-order valence-corrected chi connectivity index (χ1v) is 8.11. The fourth-order valence-corrected chi connectivity index (χ4v) is 2.60. The highest BCUT2D eigenvalue weighted by Gasteiger charge is 2.10. The number of hydrogen-bond donors (Lipinski definition) is 1. The number of aryl methyl sites for hydroxylation is 1. The summed E-state index contributed by atoms with van der Waals surface area (Å²) < 4.78 is 5.41. The largest absolute Gasteiger partial charge is 0.463 e. The molecule has 0 unspecified atom stereocenters. The lowest BCUT2D eigenvalue weighted by atomic mass is 10.1. The number of hydrogen-bond acceptors (Lipinski definition) is 3. The molecule has 3 rings (SSSR count). The highest BCUT2D eigenvalue weighted by molar-refractivity contribution is 5.76. The van der Waals surface area contributed by atoms with Gasteiger partial charge in [0.05, 0.1) is 6.26 Å². The average molecular weight is 320 g/mol. The fraction of sp³-hybridized carbons (Fsp3) is 0.200. The molecule has 1 amide bonds. The molecule has 1 N–H and O–H groups in total. The molecule has 0 aliphatic rings. The Kier molecular flexibility index (Phi) is 5.40. The summed E-state index contributed by atoms with van der Waals surface area (Å²) in [6, 6.07) is 17.7. The van der Waals surface area contributed by atoms with Crippen LogP contribution in [0.1, 0.15) is 24.0 Å². The molecular formula is C20H20N2O2. The van der Waals surface area contributed by atoms with Crippen molar-refractivity contribution in [1.29, 1.82) is 0 Å². The molecule has 0 spiro atoms. The molecule has 0 bridgehead atoms. The standard InChI is InChI=1S/C20H20N2O2/c23-19(12-4-9-16-7-2-1-3-8-16)22-15-17-10-5-13-21-20(17)18-11-6-14-24-18/h1-3,5-8,10-11,13-14H,4,9,12,15H2,(H,22,23). The van der Waals surface area contributed by atoms with Gasteiger partial charge in [-0.05, 0) is 36.6 Å². The van der Waals surface area contributed by atoms with Crippen molar-refractivity contribution in [3.05, 3.63) is 78.2 Å². The molecule has 0 aliphatic heterocycles. The van der Waals surface area contributed by atoms with Gasteiger partial charge in [-0.15, -0.1) is 0 Å². The Morgan fingerprint density at radius 2 is 1.92 bits per heavy atom. The lowest BCUT2D eigenvalue weighted by Crippen LogP contribution is -2.23. The quantitative estimate of drug-likeness (QED) is 0.716. The van der Waals surface area contributed by atoms with E-state index in [-0.39, 0.29) is 5.91 Å². The van der Waals surface area contributed by atoms with E-state index >= 15 is 0 Å². The number of amides is 1. The molecule has 0 saturated heterocycles. The van der Waals surface area contributed by atoms with Crippen LogP contribution in [-0.2, 0) is 17.8 Å². The molecule has 0 aliphatic carbocycles. The lowest BCUT2D eigenvalue weighted by Gasteiger charge is -2.08. The van der Waals surface area contributed by atoms with Crippen LogP contribution in [0.5, 0.6) is 0 Å². The molecule has 2 heterocycles. The zero-order valence-corrected chi connectivity index (χ0v) is 13.4. The molecule has 4 nitrogen and oxygen atoms in total. The average Bonchev–Trinajstić information content (AvgIpc) is 3.16.